The molecule has 1 atom stereocenters. The molecule has 1 aliphatic heterocycles. The summed E-state index contributed by atoms with van der Waals surface area (Å²) in [5.74, 6) is 1.31. The lowest BCUT2D eigenvalue weighted by Gasteiger charge is -2.37. The maximum Gasteiger partial charge on any atom is 0.225 e. The molecule has 2 fully saturated rings. The summed E-state index contributed by atoms with van der Waals surface area (Å²) in [4.78, 5) is 24.7. The van der Waals surface area contributed by atoms with Crippen molar-refractivity contribution in [1.29, 1.82) is 0 Å². The number of amides is 1. The maximum absolute atomic E-state index is 12.8. The quantitative estimate of drug-likeness (QED) is 0.895. The molecule has 26 heavy (non-hydrogen) atoms. The molecule has 2 heterocycles. The number of fused-ring (bicyclic) bond motifs is 1. The topological polar surface area (TPSA) is 58.1 Å². The fraction of sp³-hybridized carbons (Fsp3) is 0.762. The number of rotatable bonds is 3. The third kappa shape index (κ3) is 3.72. The van der Waals surface area contributed by atoms with Crippen LogP contribution in [0.2, 0.25) is 0 Å². The van der Waals surface area contributed by atoms with Crippen molar-refractivity contribution < 1.29 is 4.79 Å². The number of aromatic nitrogens is 2. The molecule has 0 unspecified atom stereocenters. The predicted octanol–water partition coefficient (Wildman–Crippen LogP) is 3.79. The number of hydrogen-bond acceptors (Lipinski definition) is 4. The van der Waals surface area contributed by atoms with Crippen LogP contribution in [0.4, 0.5) is 5.95 Å². The van der Waals surface area contributed by atoms with Gasteiger partial charge in [0.15, 0.2) is 0 Å². The van der Waals surface area contributed by atoms with Crippen LogP contribution >= 0.6 is 0 Å². The molecule has 1 saturated carbocycles. The van der Waals surface area contributed by atoms with Crippen LogP contribution in [0.25, 0.3) is 0 Å². The van der Waals surface area contributed by atoms with Crippen molar-refractivity contribution >= 4 is 11.9 Å². The Bertz CT molecular complexity index is 660. The summed E-state index contributed by atoms with van der Waals surface area (Å²) >= 11 is 0. The van der Waals surface area contributed by atoms with Crippen LogP contribution < -0.4 is 10.2 Å². The molecule has 0 radical (unpaired) electrons. The summed E-state index contributed by atoms with van der Waals surface area (Å²) in [6.45, 7) is 6.69. The number of carbonyl (C=O) groups excluding carboxylic acids is 1. The van der Waals surface area contributed by atoms with Crippen LogP contribution in [0.15, 0.2) is 6.20 Å². The van der Waals surface area contributed by atoms with Crippen LogP contribution in [0.3, 0.4) is 0 Å². The Hall–Kier alpha value is -1.65. The molecule has 1 aromatic rings. The second kappa shape index (κ2) is 7.16. The van der Waals surface area contributed by atoms with Crippen LogP contribution in [0.1, 0.15) is 82.5 Å². The van der Waals surface area contributed by atoms with E-state index in [0.717, 1.165) is 56.0 Å². The van der Waals surface area contributed by atoms with Gasteiger partial charge in [-0.3, -0.25) is 4.79 Å². The van der Waals surface area contributed by atoms with E-state index in [-0.39, 0.29) is 23.3 Å². The van der Waals surface area contributed by atoms with E-state index in [1.807, 2.05) is 6.20 Å². The number of anilines is 1. The number of hydrogen-bond donors (Lipinski definition) is 1. The first-order chi connectivity index (χ1) is 12.5. The van der Waals surface area contributed by atoms with Gasteiger partial charge >= 0.3 is 0 Å². The molecule has 5 heteroatoms. The van der Waals surface area contributed by atoms with Crippen molar-refractivity contribution in [2.45, 2.75) is 77.7 Å². The molecule has 0 bridgehead atoms. The van der Waals surface area contributed by atoms with Gasteiger partial charge in [0.1, 0.15) is 0 Å². The van der Waals surface area contributed by atoms with E-state index in [9.17, 15) is 4.79 Å². The van der Waals surface area contributed by atoms with Gasteiger partial charge in [0, 0.05) is 30.8 Å². The number of carbonyl (C=O) groups is 1. The highest BCUT2D eigenvalue weighted by atomic mass is 16.1. The summed E-state index contributed by atoms with van der Waals surface area (Å²) < 4.78 is 0. The highest BCUT2D eigenvalue weighted by Crippen LogP contribution is 2.40. The molecule has 1 saturated heterocycles. The van der Waals surface area contributed by atoms with Gasteiger partial charge in [-0.2, -0.15) is 0 Å². The molecular weight excluding hydrogens is 324 g/mol. The van der Waals surface area contributed by atoms with Crippen molar-refractivity contribution in [3.63, 3.8) is 0 Å². The Kier molecular flexibility index (Phi) is 4.89. The van der Waals surface area contributed by atoms with E-state index in [0.29, 0.717) is 0 Å². The zero-order valence-electron chi connectivity index (χ0n) is 16.3. The molecule has 1 N–H and O–H groups in total. The highest BCUT2D eigenvalue weighted by Gasteiger charge is 2.36. The first kappa shape index (κ1) is 17.7. The summed E-state index contributed by atoms with van der Waals surface area (Å²) in [6, 6.07) is 0.0517. The van der Waals surface area contributed by atoms with E-state index in [4.69, 9.17) is 4.98 Å². The second-order valence-electron chi connectivity index (χ2n) is 9.21. The summed E-state index contributed by atoms with van der Waals surface area (Å²) in [5.41, 5.74) is 2.41. The first-order valence-electron chi connectivity index (χ1n) is 10.4. The molecule has 2 aliphatic carbocycles. The van der Waals surface area contributed by atoms with Crippen molar-refractivity contribution in [3.8, 4) is 0 Å². The third-order valence-electron chi connectivity index (χ3n) is 6.35. The van der Waals surface area contributed by atoms with E-state index in [1.165, 1.54) is 32.1 Å². The molecule has 4 rings (SSSR count). The predicted molar refractivity (Wildman–Crippen MR) is 103 cm³/mol. The van der Waals surface area contributed by atoms with Crippen LogP contribution in [0, 0.1) is 11.3 Å². The van der Waals surface area contributed by atoms with Gasteiger partial charge in [-0.25, -0.2) is 9.97 Å². The van der Waals surface area contributed by atoms with E-state index < -0.39 is 0 Å². The van der Waals surface area contributed by atoms with Crippen LogP contribution in [0.5, 0.6) is 0 Å². The third-order valence-corrected chi connectivity index (χ3v) is 6.35. The van der Waals surface area contributed by atoms with Gasteiger partial charge in [0.2, 0.25) is 11.9 Å². The fourth-order valence-corrected chi connectivity index (χ4v) is 4.89. The lowest BCUT2D eigenvalue weighted by atomic mass is 9.74. The SMILES string of the molecule is CC1(C)Cc2nc(N3CCCC3)ncc2[C@H](NC(=O)C2CCCCC2)C1. The van der Waals surface area contributed by atoms with Crippen molar-refractivity contribution in [2.24, 2.45) is 11.3 Å². The zero-order valence-corrected chi connectivity index (χ0v) is 16.3. The van der Waals surface area contributed by atoms with E-state index in [1.54, 1.807) is 0 Å². The monoisotopic (exact) mass is 356 g/mol. The first-order valence-corrected chi connectivity index (χ1v) is 10.4. The number of nitrogens with one attached hydrogen (secondary N) is 1. The second-order valence-corrected chi connectivity index (χ2v) is 9.21. The van der Waals surface area contributed by atoms with Gasteiger partial charge < -0.3 is 10.2 Å². The molecule has 1 aromatic heterocycles. The molecule has 3 aliphatic rings. The maximum atomic E-state index is 12.8. The largest absolute Gasteiger partial charge is 0.349 e. The molecule has 5 nitrogen and oxygen atoms in total. The normalized spacial score (nSPS) is 25.8. The Labute approximate surface area is 157 Å². The van der Waals surface area contributed by atoms with Crippen LogP contribution in [-0.4, -0.2) is 29.0 Å². The van der Waals surface area contributed by atoms with Gasteiger partial charge in [-0.1, -0.05) is 33.1 Å². The lowest BCUT2D eigenvalue weighted by molar-refractivity contribution is -0.127. The van der Waals surface area contributed by atoms with Gasteiger partial charge in [0.25, 0.3) is 0 Å². The Morgan fingerprint density at radius 2 is 1.88 bits per heavy atom. The van der Waals surface area contributed by atoms with Crippen LogP contribution in [-0.2, 0) is 11.2 Å². The van der Waals surface area contributed by atoms with E-state index >= 15 is 0 Å². The Morgan fingerprint density at radius 1 is 1.15 bits per heavy atom. The Morgan fingerprint density at radius 3 is 2.62 bits per heavy atom. The summed E-state index contributed by atoms with van der Waals surface area (Å²) in [6.07, 6.45) is 12.1. The fourth-order valence-electron chi connectivity index (χ4n) is 4.89. The highest BCUT2D eigenvalue weighted by molar-refractivity contribution is 5.79. The lowest BCUT2D eigenvalue weighted by Crippen LogP contribution is -2.40. The van der Waals surface area contributed by atoms with Gasteiger partial charge in [0.05, 0.1) is 11.7 Å². The Balaban J connectivity index is 1.55. The molecule has 0 spiro atoms. The molecular formula is C21H32N4O. The minimum Gasteiger partial charge on any atom is -0.349 e. The molecule has 1 amide bonds. The number of nitrogens with zero attached hydrogens (tertiary/aromatic N) is 3. The van der Waals surface area contributed by atoms with Gasteiger partial charge in [-0.05, 0) is 43.9 Å². The van der Waals surface area contributed by atoms with Crippen molar-refractivity contribution in [1.82, 2.24) is 15.3 Å². The minimum absolute atomic E-state index is 0.0517. The smallest absolute Gasteiger partial charge is 0.225 e. The van der Waals surface area contributed by atoms with Gasteiger partial charge in [-0.15, -0.1) is 0 Å². The average Bonchev–Trinajstić information content (AvgIpc) is 3.15. The average molecular weight is 357 g/mol. The van der Waals surface area contributed by atoms with Crippen molar-refractivity contribution in [3.05, 3.63) is 17.5 Å². The summed E-state index contributed by atoms with van der Waals surface area (Å²) in [5, 5.41) is 3.36. The molecule has 142 valence electrons. The zero-order chi connectivity index (χ0) is 18.1. The minimum atomic E-state index is 0.0517. The molecule has 0 aromatic carbocycles. The summed E-state index contributed by atoms with van der Waals surface area (Å²) in [7, 11) is 0. The van der Waals surface area contributed by atoms with E-state index in [2.05, 4.69) is 29.0 Å². The van der Waals surface area contributed by atoms with Crippen molar-refractivity contribution in [2.75, 3.05) is 18.0 Å². The standard InChI is InChI=1S/C21H32N4O/c1-21(2)12-17(23-19(26)15-8-4-3-5-9-15)16-14-22-20(24-18(16)13-21)25-10-6-7-11-25/h14-15,17H,3-13H2,1-2H3,(H,23,26)/t17-/m1/s1.